The lowest BCUT2D eigenvalue weighted by Gasteiger charge is -2.15. The molecule has 7 heteroatoms. The van der Waals surface area contributed by atoms with Crippen molar-refractivity contribution in [3.05, 3.63) is 12.4 Å². The molecule has 0 radical (unpaired) electrons. The minimum Gasteiger partial charge on any atom is -0.330 e. The smallest absolute Gasteiger partial charge is 0.245 e. The fourth-order valence-electron chi connectivity index (χ4n) is 2.12. The molecule has 1 saturated carbocycles. The quantitative estimate of drug-likeness (QED) is 0.792. The monoisotopic (exact) mass is 286 g/mol. The summed E-state index contributed by atoms with van der Waals surface area (Å²) in [4.78, 5) is 0.264. The second kappa shape index (κ2) is 5.60. The van der Waals surface area contributed by atoms with E-state index in [4.69, 9.17) is 5.73 Å². The van der Waals surface area contributed by atoms with Gasteiger partial charge < -0.3 is 5.73 Å². The third-order valence-corrected chi connectivity index (χ3v) is 5.45. The lowest BCUT2D eigenvalue weighted by atomic mass is 10.3. The molecule has 1 aliphatic rings. The molecule has 1 aliphatic carbocycles. The Labute approximate surface area is 114 Å². The predicted octanol–water partition coefficient (Wildman–Crippen LogP) is 0.508. The lowest BCUT2D eigenvalue weighted by molar-refractivity contribution is 0.444. The summed E-state index contributed by atoms with van der Waals surface area (Å²) >= 11 is 0. The number of nitrogens with two attached hydrogens (primary N) is 1. The molecule has 108 valence electrons. The average molecular weight is 286 g/mol. The van der Waals surface area contributed by atoms with Crippen molar-refractivity contribution >= 4 is 10.0 Å². The van der Waals surface area contributed by atoms with E-state index in [-0.39, 0.29) is 4.90 Å². The highest BCUT2D eigenvalue weighted by atomic mass is 32.2. The molecule has 1 fully saturated rings. The molecule has 0 aromatic carbocycles. The van der Waals surface area contributed by atoms with Crippen molar-refractivity contribution in [3.63, 3.8) is 0 Å². The van der Waals surface area contributed by atoms with Gasteiger partial charge in [0.05, 0.1) is 6.20 Å². The number of nitrogens with zero attached hydrogens (tertiary/aromatic N) is 3. The van der Waals surface area contributed by atoms with E-state index in [1.54, 1.807) is 17.9 Å². The van der Waals surface area contributed by atoms with Gasteiger partial charge in [-0.2, -0.15) is 5.10 Å². The zero-order valence-corrected chi connectivity index (χ0v) is 12.3. The lowest BCUT2D eigenvalue weighted by Crippen LogP contribution is -2.29. The molecule has 0 spiro atoms. The minimum absolute atomic E-state index is 0.264. The van der Waals surface area contributed by atoms with E-state index >= 15 is 0 Å². The van der Waals surface area contributed by atoms with Crippen LogP contribution < -0.4 is 5.73 Å². The van der Waals surface area contributed by atoms with E-state index in [0.717, 1.165) is 12.8 Å². The summed E-state index contributed by atoms with van der Waals surface area (Å²) in [6.45, 7) is 3.96. The van der Waals surface area contributed by atoms with E-state index in [0.29, 0.717) is 31.5 Å². The second-order valence-electron chi connectivity index (χ2n) is 5.34. The Morgan fingerprint density at radius 1 is 1.58 bits per heavy atom. The van der Waals surface area contributed by atoms with E-state index in [1.165, 1.54) is 10.5 Å². The maximum atomic E-state index is 12.3. The van der Waals surface area contributed by atoms with Crippen LogP contribution in [0, 0.1) is 11.8 Å². The molecule has 1 aromatic rings. The van der Waals surface area contributed by atoms with Crippen LogP contribution in [0.25, 0.3) is 0 Å². The van der Waals surface area contributed by atoms with Gasteiger partial charge in [-0.1, -0.05) is 6.92 Å². The number of sulfonamides is 1. The van der Waals surface area contributed by atoms with Crippen LogP contribution in [0.5, 0.6) is 0 Å². The molecule has 0 amide bonds. The van der Waals surface area contributed by atoms with E-state index < -0.39 is 10.0 Å². The molecule has 0 aliphatic heterocycles. The predicted molar refractivity (Wildman–Crippen MR) is 73.0 cm³/mol. The molecule has 6 nitrogen and oxygen atoms in total. The SMILES string of the molecule is CC1CC1CN(C)S(=O)(=O)c1cnn(CCCN)c1. The van der Waals surface area contributed by atoms with Gasteiger partial charge >= 0.3 is 0 Å². The summed E-state index contributed by atoms with van der Waals surface area (Å²) in [7, 11) is -1.77. The Morgan fingerprint density at radius 2 is 2.26 bits per heavy atom. The first-order valence-corrected chi connectivity index (χ1v) is 8.08. The van der Waals surface area contributed by atoms with Gasteiger partial charge in [-0.25, -0.2) is 12.7 Å². The van der Waals surface area contributed by atoms with E-state index in [9.17, 15) is 8.42 Å². The summed E-state index contributed by atoms with van der Waals surface area (Å²) in [5, 5.41) is 4.07. The maximum absolute atomic E-state index is 12.3. The van der Waals surface area contributed by atoms with Crippen LogP contribution in [0.3, 0.4) is 0 Å². The van der Waals surface area contributed by atoms with Gasteiger partial charge in [0.25, 0.3) is 0 Å². The molecule has 0 bridgehead atoms. The van der Waals surface area contributed by atoms with Gasteiger partial charge in [0, 0.05) is 26.3 Å². The molecule has 1 heterocycles. The van der Waals surface area contributed by atoms with Gasteiger partial charge in [-0.05, 0) is 31.2 Å². The van der Waals surface area contributed by atoms with Crippen LogP contribution in [0.1, 0.15) is 19.8 Å². The van der Waals surface area contributed by atoms with Crippen LogP contribution in [0.2, 0.25) is 0 Å². The molecule has 1 aromatic heterocycles. The van der Waals surface area contributed by atoms with Crippen LogP contribution >= 0.6 is 0 Å². The highest BCUT2D eigenvalue weighted by Gasteiger charge is 2.36. The molecule has 2 rings (SSSR count). The number of aryl methyl sites for hydroxylation is 1. The summed E-state index contributed by atoms with van der Waals surface area (Å²) in [6, 6.07) is 0. The molecular formula is C12H22N4O2S. The average Bonchev–Trinajstić information content (AvgIpc) is 2.88. The molecule has 19 heavy (non-hydrogen) atoms. The van der Waals surface area contributed by atoms with Gasteiger partial charge in [0.2, 0.25) is 10.0 Å². The van der Waals surface area contributed by atoms with Gasteiger partial charge in [-0.3, -0.25) is 4.68 Å². The fourth-order valence-corrected chi connectivity index (χ4v) is 3.30. The Bertz CT molecular complexity index is 526. The van der Waals surface area contributed by atoms with Crippen molar-refractivity contribution in [1.82, 2.24) is 14.1 Å². The number of rotatable bonds is 7. The number of aromatic nitrogens is 2. The Kier molecular flexibility index (Phi) is 4.27. The third-order valence-electron chi connectivity index (χ3n) is 3.68. The minimum atomic E-state index is -3.40. The van der Waals surface area contributed by atoms with Gasteiger partial charge in [0.1, 0.15) is 4.90 Å². The normalized spacial score (nSPS) is 22.9. The van der Waals surface area contributed by atoms with Crippen molar-refractivity contribution in [1.29, 1.82) is 0 Å². The first-order valence-electron chi connectivity index (χ1n) is 6.64. The fraction of sp³-hybridized carbons (Fsp3) is 0.750. The van der Waals surface area contributed by atoms with E-state index in [1.807, 2.05) is 0 Å². The molecule has 2 unspecified atom stereocenters. The Morgan fingerprint density at radius 3 is 2.84 bits per heavy atom. The first kappa shape index (κ1) is 14.5. The number of hydrogen-bond acceptors (Lipinski definition) is 4. The van der Waals surface area contributed by atoms with Crippen molar-refractivity contribution in [2.24, 2.45) is 17.6 Å². The molecular weight excluding hydrogens is 264 g/mol. The van der Waals surface area contributed by atoms with Crippen LogP contribution in [0.4, 0.5) is 0 Å². The second-order valence-corrected chi connectivity index (χ2v) is 7.38. The van der Waals surface area contributed by atoms with Crippen LogP contribution in [-0.4, -0.2) is 42.6 Å². The summed E-state index contributed by atoms with van der Waals surface area (Å²) in [6.07, 6.45) is 4.91. The van der Waals surface area contributed by atoms with Crippen LogP contribution in [-0.2, 0) is 16.6 Å². The van der Waals surface area contributed by atoms with E-state index in [2.05, 4.69) is 12.0 Å². The summed E-state index contributed by atoms with van der Waals surface area (Å²) in [5.74, 6) is 1.15. The standard InChI is InChI=1S/C12H22N4O2S/c1-10-6-11(10)8-15(2)19(17,18)12-7-14-16(9-12)5-3-4-13/h7,9-11H,3-6,8,13H2,1-2H3. The number of hydrogen-bond donors (Lipinski definition) is 1. The van der Waals surface area contributed by atoms with Crippen LogP contribution in [0.15, 0.2) is 17.3 Å². The van der Waals surface area contributed by atoms with Crippen molar-refractivity contribution in [2.45, 2.75) is 31.2 Å². The third kappa shape index (κ3) is 3.34. The Balaban J connectivity index is 2.03. The van der Waals surface area contributed by atoms with Crippen molar-refractivity contribution in [3.8, 4) is 0 Å². The highest BCUT2D eigenvalue weighted by molar-refractivity contribution is 7.89. The Hall–Kier alpha value is -0.920. The zero-order chi connectivity index (χ0) is 14.0. The highest BCUT2D eigenvalue weighted by Crippen LogP contribution is 2.38. The topological polar surface area (TPSA) is 81.2 Å². The summed E-state index contributed by atoms with van der Waals surface area (Å²) in [5.41, 5.74) is 5.42. The maximum Gasteiger partial charge on any atom is 0.245 e. The molecule has 2 N–H and O–H groups in total. The zero-order valence-electron chi connectivity index (χ0n) is 11.5. The molecule has 2 atom stereocenters. The first-order chi connectivity index (χ1) is 8.95. The van der Waals surface area contributed by atoms with Gasteiger partial charge in [-0.15, -0.1) is 0 Å². The summed E-state index contributed by atoms with van der Waals surface area (Å²) < 4.78 is 27.7. The van der Waals surface area contributed by atoms with Crippen molar-refractivity contribution < 1.29 is 8.42 Å². The largest absolute Gasteiger partial charge is 0.330 e. The van der Waals surface area contributed by atoms with Crippen molar-refractivity contribution in [2.75, 3.05) is 20.1 Å². The van der Waals surface area contributed by atoms with Gasteiger partial charge in [0.15, 0.2) is 0 Å². The molecule has 0 saturated heterocycles.